The number of hydrogen-bond acceptors (Lipinski definition) is 14. The molecule has 2 saturated heterocycles. The number of carbonyl (C=O) groups is 2. The number of aromatic nitrogens is 6. The van der Waals surface area contributed by atoms with Crippen molar-refractivity contribution in [3.05, 3.63) is 113 Å². The SMILES string of the molecule is CCCC(OC(=O)CNC)OC(=O)OC(C)[C@H](CC)n1ncn(-c2ccc(N3CCN(c4ccc(OC[C@@H]5CO[C@@](Cn6cncn6)(c6ccc(F)cc6F)C5)cc4)CC3)cc2)c1=O. The summed E-state index contributed by atoms with van der Waals surface area (Å²) in [6.07, 6.45) is 3.37. The normalized spacial score (nSPS) is 18.9. The summed E-state index contributed by atoms with van der Waals surface area (Å²) in [5.41, 5.74) is 1.60. The zero-order valence-corrected chi connectivity index (χ0v) is 36.5. The van der Waals surface area contributed by atoms with Crippen molar-refractivity contribution in [3.63, 3.8) is 0 Å². The van der Waals surface area contributed by atoms with Gasteiger partial charge in [-0.25, -0.2) is 37.3 Å². The van der Waals surface area contributed by atoms with Gasteiger partial charge in [0.25, 0.3) is 6.29 Å². The van der Waals surface area contributed by atoms with Gasteiger partial charge in [-0.2, -0.15) is 10.2 Å². The van der Waals surface area contributed by atoms with Gasteiger partial charge >= 0.3 is 17.8 Å². The molecule has 0 bridgehead atoms. The van der Waals surface area contributed by atoms with Crippen LogP contribution in [0.3, 0.4) is 0 Å². The maximum Gasteiger partial charge on any atom is 0.511 e. The van der Waals surface area contributed by atoms with Crippen LogP contribution in [0.4, 0.5) is 25.0 Å². The molecule has 5 atom stereocenters. The molecule has 2 aliphatic heterocycles. The van der Waals surface area contributed by atoms with Crippen LogP contribution in [0, 0.1) is 17.6 Å². The molecule has 0 radical (unpaired) electrons. The second-order valence-electron chi connectivity index (χ2n) is 16.0. The van der Waals surface area contributed by atoms with Crippen LogP contribution in [0.15, 0.2) is 90.5 Å². The van der Waals surface area contributed by atoms with Crippen LogP contribution in [0.25, 0.3) is 5.69 Å². The Morgan fingerprint density at radius 1 is 0.906 bits per heavy atom. The molecule has 7 rings (SSSR count). The molecule has 64 heavy (non-hydrogen) atoms. The Labute approximate surface area is 369 Å². The number of halogens is 2. The fourth-order valence-electron chi connectivity index (χ4n) is 8.30. The first-order valence-corrected chi connectivity index (χ1v) is 21.6. The third-order valence-electron chi connectivity index (χ3n) is 11.6. The third kappa shape index (κ3) is 10.9. The van der Waals surface area contributed by atoms with E-state index < -0.39 is 47.8 Å². The van der Waals surface area contributed by atoms with Crippen molar-refractivity contribution in [1.29, 1.82) is 0 Å². The predicted octanol–water partition coefficient (Wildman–Crippen LogP) is 5.62. The number of esters is 1. The summed E-state index contributed by atoms with van der Waals surface area (Å²) in [5.74, 6) is -1.20. The van der Waals surface area contributed by atoms with Gasteiger partial charge in [0.15, 0.2) is 0 Å². The van der Waals surface area contributed by atoms with E-state index in [4.69, 9.17) is 23.7 Å². The summed E-state index contributed by atoms with van der Waals surface area (Å²) in [6, 6.07) is 18.7. The van der Waals surface area contributed by atoms with E-state index in [-0.39, 0.29) is 30.3 Å². The van der Waals surface area contributed by atoms with Crippen molar-refractivity contribution in [2.75, 3.05) is 62.8 Å². The van der Waals surface area contributed by atoms with Crippen LogP contribution >= 0.6 is 0 Å². The number of nitrogens with one attached hydrogen (secondary N) is 1. The van der Waals surface area contributed by atoms with E-state index in [9.17, 15) is 18.8 Å². The van der Waals surface area contributed by atoms with Gasteiger partial charge in [0.05, 0.1) is 38.0 Å². The van der Waals surface area contributed by atoms with E-state index in [1.807, 2.05) is 62.4 Å². The molecule has 2 aliphatic rings. The maximum atomic E-state index is 15.0. The highest BCUT2D eigenvalue weighted by Crippen LogP contribution is 2.42. The van der Waals surface area contributed by atoms with Crippen LogP contribution in [0.2, 0.25) is 0 Å². The predicted molar refractivity (Wildman–Crippen MR) is 231 cm³/mol. The van der Waals surface area contributed by atoms with E-state index >= 15 is 4.39 Å². The van der Waals surface area contributed by atoms with E-state index in [2.05, 4.69) is 30.3 Å². The Morgan fingerprint density at radius 3 is 2.22 bits per heavy atom. The summed E-state index contributed by atoms with van der Waals surface area (Å²) in [6.45, 7) is 9.48. The fraction of sp³-hybridized carbons (Fsp3) is 0.467. The van der Waals surface area contributed by atoms with Crippen molar-refractivity contribution in [2.24, 2.45) is 5.92 Å². The average Bonchev–Trinajstić information content (AvgIpc) is 4.05. The molecular weight excluding hydrogens is 833 g/mol. The zero-order valence-electron chi connectivity index (χ0n) is 36.5. The average molecular weight is 888 g/mol. The van der Waals surface area contributed by atoms with Crippen molar-refractivity contribution < 1.29 is 42.1 Å². The second-order valence-corrected chi connectivity index (χ2v) is 16.0. The molecule has 1 N–H and O–H groups in total. The number of ether oxygens (including phenoxy) is 5. The first-order chi connectivity index (χ1) is 31.0. The van der Waals surface area contributed by atoms with Gasteiger partial charge in [-0.3, -0.25) is 4.79 Å². The maximum absolute atomic E-state index is 15.0. The van der Waals surface area contributed by atoms with Crippen molar-refractivity contribution in [1.82, 2.24) is 34.4 Å². The van der Waals surface area contributed by atoms with E-state index in [0.29, 0.717) is 50.3 Å². The molecule has 2 unspecified atom stereocenters. The minimum absolute atomic E-state index is 0.0297. The minimum atomic E-state index is -1.09. The number of nitrogens with zero attached hydrogens (tertiary/aromatic N) is 8. The van der Waals surface area contributed by atoms with Crippen LogP contribution < -0.4 is 25.5 Å². The lowest BCUT2D eigenvalue weighted by Crippen LogP contribution is -2.46. The lowest BCUT2D eigenvalue weighted by atomic mass is 9.87. The number of rotatable bonds is 19. The summed E-state index contributed by atoms with van der Waals surface area (Å²) in [4.78, 5) is 46.8. The molecule has 5 aromatic rings. The second kappa shape index (κ2) is 20.9. The molecule has 2 aromatic heterocycles. The van der Waals surface area contributed by atoms with Crippen molar-refractivity contribution >= 4 is 23.5 Å². The van der Waals surface area contributed by atoms with Crippen LogP contribution in [-0.2, 0) is 35.9 Å². The van der Waals surface area contributed by atoms with Crippen molar-refractivity contribution in [3.8, 4) is 11.4 Å². The number of anilines is 2. The van der Waals surface area contributed by atoms with E-state index in [1.165, 1.54) is 34.0 Å². The summed E-state index contributed by atoms with van der Waals surface area (Å²) < 4.78 is 61.6. The molecule has 0 spiro atoms. The smallest absolute Gasteiger partial charge is 0.493 e. The summed E-state index contributed by atoms with van der Waals surface area (Å²) >= 11 is 0. The first kappa shape index (κ1) is 45.7. The summed E-state index contributed by atoms with van der Waals surface area (Å²) in [7, 11) is 1.61. The van der Waals surface area contributed by atoms with Gasteiger partial charge in [0.2, 0.25) is 0 Å². The first-order valence-electron chi connectivity index (χ1n) is 21.6. The van der Waals surface area contributed by atoms with Crippen LogP contribution in [0.1, 0.15) is 58.1 Å². The molecule has 3 aromatic carbocycles. The molecule has 342 valence electrons. The molecule has 0 saturated carbocycles. The number of benzene rings is 3. The van der Waals surface area contributed by atoms with Gasteiger partial charge < -0.3 is 38.8 Å². The quantitative estimate of drug-likeness (QED) is 0.0801. The third-order valence-corrected chi connectivity index (χ3v) is 11.6. The Kier molecular flexibility index (Phi) is 14.9. The molecule has 0 aliphatic carbocycles. The molecule has 0 amide bonds. The number of likely N-dealkylation sites (N-methyl/N-ethyl adjacent to an activating group) is 1. The fourth-order valence-corrected chi connectivity index (χ4v) is 8.30. The zero-order chi connectivity index (χ0) is 45.2. The van der Waals surface area contributed by atoms with Gasteiger partial charge in [-0.15, -0.1) is 0 Å². The number of hydrogen-bond donors (Lipinski definition) is 1. The number of carbonyl (C=O) groups excluding carboxylic acids is 2. The largest absolute Gasteiger partial charge is 0.511 e. The highest BCUT2D eigenvalue weighted by molar-refractivity contribution is 5.72. The molecular formula is C45H55F2N9O8. The van der Waals surface area contributed by atoms with Gasteiger partial charge in [0.1, 0.15) is 48.1 Å². The molecule has 2 fully saturated rings. The van der Waals surface area contributed by atoms with Gasteiger partial charge in [0, 0.05) is 61.5 Å². The van der Waals surface area contributed by atoms with Crippen LogP contribution in [0.5, 0.6) is 5.75 Å². The van der Waals surface area contributed by atoms with Gasteiger partial charge in [-0.1, -0.05) is 19.9 Å². The highest BCUT2D eigenvalue weighted by atomic mass is 19.1. The molecule has 4 heterocycles. The van der Waals surface area contributed by atoms with Gasteiger partial charge in [-0.05, 0) is 87.8 Å². The Balaban J connectivity index is 0.891. The minimum Gasteiger partial charge on any atom is -0.493 e. The Hall–Kier alpha value is -6.34. The number of piperazine rings is 1. The molecule has 19 heteroatoms. The monoisotopic (exact) mass is 887 g/mol. The van der Waals surface area contributed by atoms with Crippen molar-refractivity contribution in [2.45, 2.75) is 77.0 Å². The highest BCUT2D eigenvalue weighted by Gasteiger charge is 2.45. The lowest BCUT2D eigenvalue weighted by molar-refractivity contribution is -0.172. The topological polar surface area (TPSA) is 169 Å². The lowest BCUT2D eigenvalue weighted by Gasteiger charge is -2.37. The standard InChI is InChI=1S/C45H55F2N9O8/c1-5-7-42(63-41(57)24-48-4)64-44(59)62-31(3)40(6-2)56-43(58)55(30-51-56)36-11-9-34(10-12-36)52-18-20-53(21-19-52)35-13-15-37(16-14-35)60-25-32-23-45(61-26-32,27-54-29-49-28-50-54)38-17-8-33(46)22-39(38)47/h8-17,22,28-32,40,42,48H,5-7,18-21,23-27H2,1-4H3/t31?,32-,40+,42?,45+/m1/s1. The Morgan fingerprint density at radius 2 is 1.59 bits per heavy atom. The molecule has 17 nitrogen and oxygen atoms in total. The van der Waals surface area contributed by atoms with E-state index in [0.717, 1.165) is 43.6 Å². The Bertz CT molecular complexity index is 2350. The van der Waals surface area contributed by atoms with E-state index in [1.54, 1.807) is 25.0 Å². The van der Waals surface area contributed by atoms with Crippen LogP contribution in [-0.4, -0.2) is 107 Å². The summed E-state index contributed by atoms with van der Waals surface area (Å²) in [5, 5.41) is 11.2.